The van der Waals surface area contributed by atoms with Gasteiger partial charge in [0.15, 0.2) is 11.5 Å². The number of amides is 2. The van der Waals surface area contributed by atoms with E-state index in [4.69, 9.17) is 4.74 Å². The molecule has 0 aromatic heterocycles. The van der Waals surface area contributed by atoms with E-state index < -0.39 is 6.61 Å². The van der Waals surface area contributed by atoms with E-state index in [1.165, 1.54) is 6.07 Å². The van der Waals surface area contributed by atoms with Gasteiger partial charge in [-0.05, 0) is 55.9 Å². The van der Waals surface area contributed by atoms with Crippen LogP contribution < -0.4 is 20.1 Å². The quantitative estimate of drug-likeness (QED) is 0.401. The highest BCUT2D eigenvalue weighted by Crippen LogP contribution is 2.30. The number of benzene rings is 3. The number of para-hydroxylation sites is 2. The molecule has 0 spiro atoms. The largest absolute Gasteiger partial charge is 0.490 e. The molecule has 0 bridgehead atoms. The lowest BCUT2D eigenvalue weighted by Gasteiger charge is -2.19. The Bertz CT molecular complexity index is 1140. The molecule has 0 radical (unpaired) electrons. The van der Waals surface area contributed by atoms with E-state index in [0.29, 0.717) is 30.1 Å². The normalized spacial score (nSPS) is 10.8. The fourth-order valence-corrected chi connectivity index (χ4v) is 3.42. The summed E-state index contributed by atoms with van der Waals surface area (Å²) in [6.07, 6.45) is 0. The zero-order chi connectivity index (χ0) is 25.2. The van der Waals surface area contributed by atoms with E-state index in [1.807, 2.05) is 18.2 Å². The van der Waals surface area contributed by atoms with Crippen molar-refractivity contribution in [1.82, 2.24) is 4.90 Å². The number of hydrogen-bond acceptors (Lipinski definition) is 5. The number of alkyl halides is 2. The second-order valence-corrected chi connectivity index (χ2v) is 7.68. The number of carbonyl (C=O) groups excluding carboxylic acids is 2. The Balaban J connectivity index is 1.62. The molecule has 0 aliphatic rings. The number of ether oxygens (including phenoxy) is 2. The van der Waals surface area contributed by atoms with Crippen LogP contribution in [0, 0.1) is 0 Å². The zero-order valence-electron chi connectivity index (χ0n) is 19.5. The van der Waals surface area contributed by atoms with Crippen LogP contribution in [0.3, 0.4) is 0 Å². The zero-order valence-corrected chi connectivity index (χ0v) is 19.5. The molecule has 3 rings (SSSR count). The van der Waals surface area contributed by atoms with Crippen LogP contribution >= 0.6 is 0 Å². The van der Waals surface area contributed by atoms with Gasteiger partial charge in [-0.25, -0.2) is 0 Å². The number of anilines is 2. The molecule has 0 saturated carbocycles. The third-order valence-electron chi connectivity index (χ3n) is 4.87. The van der Waals surface area contributed by atoms with Gasteiger partial charge in [-0.3, -0.25) is 14.5 Å². The van der Waals surface area contributed by atoms with E-state index in [-0.39, 0.29) is 29.9 Å². The maximum atomic E-state index is 12.7. The summed E-state index contributed by atoms with van der Waals surface area (Å²) in [5, 5.41) is 5.59. The topological polar surface area (TPSA) is 79.9 Å². The Morgan fingerprint density at radius 2 is 1.66 bits per heavy atom. The Hall–Kier alpha value is -3.98. The van der Waals surface area contributed by atoms with Crippen molar-refractivity contribution in [1.29, 1.82) is 0 Å². The first-order valence-corrected chi connectivity index (χ1v) is 11.0. The minimum absolute atomic E-state index is 0.0356. The second-order valence-electron chi connectivity index (χ2n) is 7.68. The summed E-state index contributed by atoms with van der Waals surface area (Å²) in [6, 6.07) is 20.4. The lowest BCUT2D eigenvalue weighted by atomic mass is 10.1. The standard InChI is InChI=1S/C26H27F2N3O4/c1-3-34-23-15-18(13-14-22(23)35-26(27)28)16-31(2)17-24(32)30-21-12-8-7-11-20(21)25(33)29-19-9-5-4-6-10-19/h4-15,26H,3,16-17H2,1-2H3,(H,29,33)(H,30,32). The highest BCUT2D eigenvalue weighted by Gasteiger charge is 2.16. The predicted octanol–water partition coefficient (Wildman–Crippen LogP) is 5.01. The fourth-order valence-electron chi connectivity index (χ4n) is 3.42. The number of nitrogens with zero attached hydrogens (tertiary/aromatic N) is 1. The highest BCUT2D eigenvalue weighted by atomic mass is 19.3. The van der Waals surface area contributed by atoms with Crippen molar-refractivity contribution in [2.75, 3.05) is 30.8 Å². The fraction of sp³-hybridized carbons (Fsp3) is 0.231. The molecule has 7 nitrogen and oxygen atoms in total. The first-order chi connectivity index (χ1) is 16.9. The molecule has 0 atom stereocenters. The summed E-state index contributed by atoms with van der Waals surface area (Å²) in [6.45, 7) is -0.526. The molecule has 0 unspecified atom stereocenters. The Kier molecular flexibility index (Phi) is 9.14. The van der Waals surface area contributed by atoms with Gasteiger partial charge in [-0.2, -0.15) is 8.78 Å². The van der Waals surface area contributed by atoms with Crippen LogP contribution in [-0.2, 0) is 11.3 Å². The van der Waals surface area contributed by atoms with E-state index in [0.717, 1.165) is 5.56 Å². The first-order valence-electron chi connectivity index (χ1n) is 11.0. The van der Waals surface area contributed by atoms with Gasteiger partial charge in [0.05, 0.1) is 24.4 Å². The average molecular weight is 484 g/mol. The van der Waals surface area contributed by atoms with Crippen LogP contribution in [0.25, 0.3) is 0 Å². The summed E-state index contributed by atoms with van der Waals surface area (Å²) in [5.74, 6) is -0.483. The summed E-state index contributed by atoms with van der Waals surface area (Å²) < 4.78 is 35.1. The van der Waals surface area contributed by atoms with Crippen LogP contribution in [0.1, 0.15) is 22.8 Å². The third kappa shape index (κ3) is 7.79. The molecule has 35 heavy (non-hydrogen) atoms. The number of rotatable bonds is 11. The molecular weight excluding hydrogens is 456 g/mol. The van der Waals surface area contributed by atoms with Crippen molar-refractivity contribution in [3.05, 3.63) is 83.9 Å². The summed E-state index contributed by atoms with van der Waals surface area (Å²) >= 11 is 0. The molecule has 3 aromatic carbocycles. The average Bonchev–Trinajstić information content (AvgIpc) is 2.81. The van der Waals surface area contributed by atoms with Gasteiger partial charge in [0.25, 0.3) is 5.91 Å². The van der Waals surface area contributed by atoms with Gasteiger partial charge in [0.1, 0.15) is 0 Å². The van der Waals surface area contributed by atoms with Crippen LogP contribution in [0.5, 0.6) is 11.5 Å². The van der Waals surface area contributed by atoms with E-state index in [1.54, 1.807) is 67.4 Å². The number of halogens is 2. The molecule has 2 amide bonds. The maximum Gasteiger partial charge on any atom is 0.387 e. The van der Waals surface area contributed by atoms with Crippen molar-refractivity contribution < 1.29 is 27.8 Å². The van der Waals surface area contributed by atoms with Gasteiger partial charge in [-0.15, -0.1) is 0 Å². The minimum Gasteiger partial charge on any atom is -0.490 e. The SMILES string of the molecule is CCOc1cc(CN(C)CC(=O)Nc2ccccc2C(=O)Nc2ccccc2)ccc1OC(F)F. The molecule has 0 heterocycles. The molecule has 184 valence electrons. The molecule has 3 aromatic rings. The van der Waals surface area contributed by atoms with Gasteiger partial charge < -0.3 is 20.1 Å². The maximum absolute atomic E-state index is 12.7. The van der Waals surface area contributed by atoms with E-state index in [2.05, 4.69) is 15.4 Å². The summed E-state index contributed by atoms with van der Waals surface area (Å²) in [4.78, 5) is 27.1. The predicted molar refractivity (Wildman–Crippen MR) is 130 cm³/mol. The molecule has 0 saturated heterocycles. The van der Waals surface area contributed by atoms with Gasteiger partial charge in [0, 0.05) is 12.2 Å². The van der Waals surface area contributed by atoms with Gasteiger partial charge in [-0.1, -0.05) is 36.4 Å². The van der Waals surface area contributed by atoms with Crippen molar-refractivity contribution in [3.63, 3.8) is 0 Å². The number of likely N-dealkylation sites (N-methyl/N-ethyl adjacent to an activating group) is 1. The van der Waals surface area contributed by atoms with E-state index in [9.17, 15) is 18.4 Å². The van der Waals surface area contributed by atoms with Crippen molar-refractivity contribution in [2.45, 2.75) is 20.1 Å². The van der Waals surface area contributed by atoms with Crippen LogP contribution in [0.15, 0.2) is 72.8 Å². The molecular formula is C26H27F2N3O4. The van der Waals surface area contributed by atoms with Gasteiger partial charge in [0.2, 0.25) is 5.91 Å². The van der Waals surface area contributed by atoms with Crippen molar-refractivity contribution in [3.8, 4) is 11.5 Å². The monoisotopic (exact) mass is 483 g/mol. The van der Waals surface area contributed by atoms with Crippen LogP contribution in [0.2, 0.25) is 0 Å². The summed E-state index contributed by atoms with van der Waals surface area (Å²) in [5.41, 5.74) is 2.14. The second kappa shape index (κ2) is 12.5. The third-order valence-corrected chi connectivity index (χ3v) is 4.87. The Morgan fingerprint density at radius 3 is 2.37 bits per heavy atom. The number of hydrogen-bond donors (Lipinski definition) is 2. The smallest absolute Gasteiger partial charge is 0.387 e. The van der Waals surface area contributed by atoms with Crippen molar-refractivity contribution >= 4 is 23.2 Å². The van der Waals surface area contributed by atoms with Crippen molar-refractivity contribution in [2.24, 2.45) is 0 Å². The Labute approximate surface area is 202 Å². The Morgan fingerprint density at radius 1 is 0.943 bits per heavy atom. The lowest BCUT2D eigenvalue weighted by Crippen LogP contribution is -2.30. The molecule has 9 heteroatoms. The molecule has 0 fully saturated rings. The highest BCUT2D eigenvalue weighted by molar-refractivity contribution is 6.10. The first kappa shape index (κ1) is 25.6. The molecule has 0 aliphatic heterocycles. The summed E-state index contributed by atoms with van der Waals surface area (Å²) in [7, 11) is 1.75. The van der Waals surface area contributed by atoms with Crippen LogP contribution in [-0.4, -0.2) is 43.5 Å². The number of nitrogens with one attached hydrogen (secondary N) is 2. The molecule has 2 N–H and O–H groups in total. The molecule has 0 aliphatic carbocycles. The lowest BCUT2D eigenvalue weighted by molar-refractivity contribution is -0.117. The van der Waals surface area contributed by atoms with Gasteiger partial charge >= 0.3 is 6.61 Å². The van der Waals surface area contributed by atoms with Crippen LogP contribution in [0.4, 0.5) is 20.2 Å². The minimum atomic E-state index is -2.95. The van der Waals surface area contributed by atoms with E-state index >= 15 is 0 Å². The number of carbonyl (C=O) groups is 2.